The average molecular weight is 709 g/mol. The van der Waals surface area contributed by atoms with Gasteiger partial charge in [0.1, 0.15) is 11.6 Å². The predicted molar refractivity (Wildman–Crippen MR) is 141 cm³/mol. The van der Waals surface area contributed by atoms with Gasteiger partial charge in [-0.3, -0.25) is 4.79 Å². The molecule has 1 amide bonds. The van der Waals surface area contributed by atoms with E-state index in [0.717, 1.165) is 12.1 Å². The van der Waals surface area contributed by atoms with Crippen LogP contribution in [0.1, 0.15) is 30.5 Å². The monoisotopic (exact) mass is 709 g/mol. The first kappa shape index (κ1) is 38.2. The lowest BCUT2D eigenvalue weighted by atomic mass is 9.77. The molecule has 0 heterocycles. The minimum atomic E-state index is -6.85. The summed E-state index contributed by atoms with van der Waals surface area (Å²) < 4.78 is 189. The van der Waals surface area contributed by atoms with Gasteiger partial charge < -0.3 is 19.9 Å². The van der Waals surface area contributed by atoms with Crippen molar-refractivity contribution in [2.24, 2.45) is 0 Å². The normalized spacial score (nSPS) is 14.9. The van der Waals surface area contributed by atoms with E-state index in [2.05, 4.69) is 4.74 Å². The number of rotatable bonds is 12. The standard InChI is InChI=1S/C30H24F13NO4/c1-15(2)47-22-12-17(8-9-21(22)32)26(14-16-6-4-3-5-7-16,18-10-19(31)13-20(11-18)48-28(36,37)25(34)35)44-24(45)23(33)27(46,29(38,39)40)30(41,42)43/h3-13,15,23,25,46H,14H2,1-2H3,(H,44,45). The number of nitrogens with one attached hydrogen (secondary N) is 1. The third kappa shape index (κ3) is 7.90. The zero-order valence-electron chi connectivity index (χ0n) is 24.4. The summed E-state index contributed by atoms with van der Waals surface area (Å²) in [5.74, 6) is -7.56. The van der Waals surface area contributed by atoms with E-state index in [-0.39, 0.29) is 11.6 Å². The Bertz CT molecular complexity index is 1570. The van der Waals surface area contributed by atoms with Crippen LogP contribution in [0.3, 0.4) is 0 Å². The Morgan fingerprint density at radius 1 is 0.812 bits per heavy atom. The van der Waals surface area contributed by atoms with Crippen molar-refractivity contribution in [3.05, 3.63) is 95.1 Å². The number of carbonyl (C=O) groups excluding carboxylic acids is 1. The summed E-state index contributed by atoms with van der Waals surface area (Å²) in [7, 11) is 0. The molecular weight excluding hydrogens is 685 g/mol. The van der Waals surface area contributed by atoms with E-state index in [9.17, 15) is 62.6 Å². The number of benzene rings is 3. The molecule has 0 aliphatic heterocycles. The second kappa shape index (κ2) is 13.7. The number of ether oxygens (including phenoxy) is 2. The number of aliphatic hydroxyl groups is 1. The second-order valence-corrected chi connectivity index (χ2v) is 10.6. The van der Waals surface area contributed by atoms with Crippen LogP contribution in [0.2, 0.25) is 0 Å². The summed E-state index contributed by atoms with van der Waals surface area (Å²) in [5.41, 5.74) is -10.6. The highest BCUT2D eigenvalue weighted by atomic mass is 19.4. The van der Waals surface area contributed by atoms with Crippen LogP contribution in [-0.4, -0.2) is 53.8 Å². The zero-order chi connectivity index (χ0) is 36.5. The molecular formula is C30H24F13NO4. The van der Waals surface area contributed by atoms with Gasteiger partial charge in [0.05, 0.1) is 11.6 Å². The Hall–Kier alpha value is -4.22. The van der Waals surface area contributed by atoms with Crippen molar-refractivity contribution >= 4 is 5.91 Å². The van der Waals surface area contributed by atoms with Crippen LogP contribution in [-0.2, 0) is 16.8 Å². The Labute approximate surface area is 263 Å². The molecule has 0 spiro atoms. The van der Waals surface area contributed by atoms with Crippen molar-refractivity contribution in [3.63, 3.8) is 0 Å². The van der Waals surface area contributed by atoms with E-state index in [4.69, 9.17) is 4.74 Å². The quantitative estimate of drug-likeness (QED) is 0.189. The molecule has 3 aromatic carbocycles. The van der Waals surface area contributed by atoms with Crippen molar-refractivity contribution in [3.8, 4) is 11.5 Å². The van der Waals surface area contributed by atoms with Crippen LogP contribution in [0, 0.1) is 11.6 Å². The lowest BCUT2D eigenvalue weighted by Crippen LogP contribution is -2.67. The second-order valence-electron chi connectivity index (χ2n) is 10.6. The lowest BCUT2D eigenvalue weighted by molar-refractivity contribution is -0.380. The Balaban J connectivity index is 2.43. The largest absolute Gasteiger partial charge is 0.488 e. The van der Waals surface area contributed by atoms with Gasteiger partial charge in [0, 0.05) is 12.5 Å². The van der Waals surface area contributed by atoms with E-state index in [1.165, 1.54) is 44.2 Å². The molecule has 0 bridgehead atoms. The van der Waals surface area contributed by atoms with Gasteiger partial charge in [0.15, 0.2) is 11.6 Å². The summed E-state index contributed by atoms with van der Waals surface area (Å²) in [4.78, 5) is 13.2. The molecule has 0 aliphatic rings. The van der Waals surface area contributed by atoms with Gasteiger partial charge in [0.25, 0.3) is 11.5 Å². The maximum atomic E-state index is 15.3. The molecule has 0 aliphatic carbocycles. The minimum Gasteiger partial charge on any atom is -0.488 e. The fraction of sp³-hybridized carbons (Fsp3) is 0.367. The highest BCUT2D eigenvalue weighted by molar-refractivity contribution is 5.84. The first-order valence-corrected chi connectivity index (χ1v) is 13.4. The molecule has 5 nitrogen and oxygen atoms in total. The van der Waals surface area contributed by atoms with Crippen LogP contribution in [0.5, 0.6) is 11.5 Å². The number of alkyl halides is 11. The lowest BCUT2D eigenvalue weighted by Gasteiger charge is -2.40. The number of carbonyl (C=O) groups is 1. The summed E-state index contributed by atoms with van der Waals surface area (Å²) in [5, 5.41) is 11.2. The van der Waals surface area contributed by atoms with E-state index >= 15 is 4.39 Å². The summed E-state index contributed by atoms with van der Waals surface area (Å²) in [6.45, 7) is 2.82. The Kier molecular flexibility index (Phi) is 10.9. The summed E-state index contributed by atoms with van der Waals surface area (Å²) in [6.07, 6.45) is -30.0. The van der Waals surface area contributed by atoms with E-state index in [1.807, 2.05) is 0 Å². The van der Waals surface area contributed by atoms with Crippen molar-refractivity contribution in [1.82, 2.24) is 5.32 Å². The SMILES string of the molecule is CC(C)Oc1cc(C(Cc2ccccc2)(NC(=O)C(F)C(O)(C(F)(F)F)C(F)(F)F)c2cc(F)cc(OC(F)(F)C(F)F)c2)ccc1F. The average Bonchev–Trinajstić information content (AvgIpc) is 2.95. The zero-order valence-corrected chi connectivity index (χ0v) is 24.4. The highest BCUT2D eigenvalue weighted by Crippen LogP contribution is 2.47. The Morgan fingerprint density at radius 3 is 1.92 bits per heavy atom. The molecule has 0 radical (unpaired) electrons. The first-order valence-electron chi connectivity index (χ1n) is 13.4. The molecule has 18 heteroatoms. The molecule has 0 fully saturated rings. The number of hydrogen-bond donors (Lipinski definition) is 2. The van der Waals surface area contributed by atoms with Gasteiger partial charge in [0.2, 0.25) is 6.17 Å². The van der Waals surface area contributed by atoms with Crippen LogP contribution in [0.4, 0.5) is 57.1 Å². The van der Waals surface area contributed by atoms with Gasteiger partial charge in [-0.2, -0.15) is 43.9 Å². The third-order valence-electron chi connectivity index (χ3n) is 6.77. The van der Waals surface area contributed by atoms with Crippen LogP contribution in [0.25, 0.3) is 0 Å². The van der Waals surface area contributed by atoms with Gasteiger partial charge in [-0.25, -0.2) is 13.2 Å². The van der Waals surface area contributed by atoms with Crippen molar-refractivity contribution in [1.29, 1.82) is 0 Å². The smallest absolute Gasteiger partial charge is 0.461 e. The van der Waals surface area contributed by atoms with Gasteiger partial charge in [-0.15, -0.1) is 0 Å². The molecule has 3 aromatic rings. The van der Waals surface area contributed by atoms with Crippen molar-refractivity contribution in [2.45, 2.75) is 68.6 Å². The molecule has 0 saturated carbocycles. The van der Waals surface area contributed by atoms with Crippen LogP contribution in [0.15, 0.2) is 66.7 Å². The van der Waals surface area contributed by atoms with E-state index in [0.29, 0.717) is 18.2 Å². The van der Waals surface area contributed by atoms with Crippen molar-refractivity contribution in [2.75, 3.05) is 0 Å². The van der Waals surface area contributed by atoms with Crippen LogP contribution < -0.4 is 14.8 Å². The molecule has 48 heavy (non-hydrogen) atoms. The molecule has 264 valence electrons. The van der Waals surface area contributed by atoms with Crippen molar-refractivity contribution < 1.29 is 76.5 Å². The number of amides is 1. The highest BCUT2D eigenvalue weighted by Gasteiger charge is 2.76. The maximum absolute atomic E-state index is 15.3. The molecule has 0 aromatic heterocycles. The number of halogens is 13. The van der Waals surface area contributed by atoms with Crippen LogP contribution >= 0.6 is 0 Å². The summed E-state index contributed by atoms with van der Waals surface area (Å²) in [6, 6.07) is 9.66. The van der Waals surface area contributed by atoms with Gasteiger partial charge >= 0.3 is 24.9 Å². The topological polar surface area (TPSA) is 67.8 Å². The van der Waals surface area contributed by atoms with E-state index in [1.54, 1.807) is 5.32 Å². The molecule has 2 N–H and O–H groups in total. The minimum absolute atomic E-state index is 0.00963. The summed E-state index contributed by atoms with van der Waals surface area (Å²) >= 11 is 0. The maximum Gasteiger partial charge on any atom is 0.461 e. The molecule has 0 saturated heterocycles. The predicted octanol–water partition coefficient (Wildman–Crippen LogP) is 7.79. The first-order chi connectivity index (χ1) is 21.9. The molecule has 3 rings (SSSR count). The number of hydrogen-bond acceptors (Lipinski definition) is 4. The molecule has 2 unspecified atom stereocenters. The van der Waals surface area contributed by atoms with E-state index < -0.39 is 94.9 Å². The fourth-order valence-corrected chi connectivity index (χ4v) is 4.56. The van der Waals surface area contributed by atoms with Gasteiger partial charge in [-0.1, -0.05) is 36.4 Å². The van der Waals surface area contributed by atoms with Gasteiger partial charge in [-0.05, 0) is 54.8 Å². The Morgan fingerprint density at radius 2 is 1.40 bits per heavy atom. The third-order valence-corrected chi connectivity index (χ3v) is 6.77. The fourth-order valence-electron chi connectivity index (χ4n) is 4.56. The molecule has 2 atom stereocenters.